The molecule has 5 rings (SSSR count). The van der Waals surface area contributed by atoms with Gasteiger partial charge in [-0.05, 0) is 55.3 Å². The third kappa shape index (κ3) is 5.02. The van der Waals surface area contributed by atoms with Crippen LogP contribution in [-0.2, 0) is 4.74 Å². The minimum absolute atomic E-state index is 0.115. The lowest BCUT2D eigenvalue weighted by Gasteiger charge is -2.37. The molecule has 0 unspecified atom stereocenters. The monoisotopic (exact) mass is 470 g/mol. The Morgan fingerprint density at radius 2 is 1.74 bits per heavy atom. The Kier molecular flexibility index (Phi) is 6.20. The number of ether oxygens (including phenoxy) is 1. The number of nitrogens with zero attached hydrogens (tertiary/aromatic N) is 2. The van der Waals surface area contributed by atoms with Crippen LogP contribution >= 0.6 is 0 Å². The van der Waals surface area contributed by atoms with E-state index < -0.39 is 5.76 Å². The summed E-state index contributed by atoms with van der Waals surface area (Å²) in [6.07, 6.45) is 0.230. The molecule has 0 radical (unpaired) electrons. The molecule has 35 heavy (non-hydrogen) atoms. The minimum Gasteiger partial charge on any atom is -0.372 e. The molecular weight excluding hydrogens is 444 g/mol. The van der Waals surface area contributed by atoms with Gasteiger partial charge in [0.25, 0.3) is 5.91 Å². The van der Waals surface area contributed by atoms with Gasteiger partial charge in [0.15, 0.2) is 5.82 Å². The Bertz CT molecular complexity index is 1390. The number of morpholine rings is 1. The minimum atomic E-state index is -0.661. The molecular formula is C27H26N4O4. The number of benzene rings is 3. The molecule has 2 N–H and O–H groups in total. The zero-order valence-corrected chi connectivity index (χ0v) is 19.5. The van der Waals surface area contributed by atoms with Gasteiger partial charge in [-0.1, -0.05) is 47.6 Å². The van der Waals surface area contributed by atoms with Gasteiger partial charge in [0.1, 0.15) is 0 Å². The number of aromatic amines is 1. The van der Waals surface area contributed by atoms with Gasteiger partial charge in [0, 0.05) is 29.9 Å². The molecule has 1 saturated heterocycles. The van der Waals surface area contributed by atoms with E-state index >= 15 is 0 Å². The van der Waals surface area contributed by atoms with Crippen molar-refractivity contribution in [1.29, 1.82) is 0 Å². The molecule has 178 valence electrons. The Balaban J connectivity index is 1.47. The summed E-state index contributed by atoms with van der Waals surface area (Å²) < 4.78 is 10.5. The van der Waals surface area contributed by atoms with Crippen LogP contribution in [0.4, 0.5) is 11.4 Å². The number of H-pyrrole nitrogens is 1. The van der Waals surface area contributed by atoms with E-state index in [9.17, 15) is 9.59 Å². The molecule has 8 heteroatoms. The summed E-state index contributed by atoms with van der Waals surface area (Å²) in [7, 11) is 0. The largest absolute Gasteiger partial charge is 0.439 e. The van der Waals surface area contributed by atoms with Gasteiger partial charge in [-0.15, -0.1) is 0 Å². The van der Waals surface area contributed by atoms with E-state index in [1.807, 2.05) is 60.7 Å². The van der Waals surface area contributed by atoms with E-state index in [0.29, 0.717) is 16.8 Å². The van der Waals surface area contributed by atoms with Gasteiger partial charge in [-0.25, -0.2) is 4.79 Å². The molecule has 3 aromatic carbocycles. The quantitative estimate of drug-likeness (QED) is 0.443. The summed E-state index contributed by atoms with van der Waals surface area (Å²) in [5.41, 5.74) is 4.48. The lowest BCUT2D eigenvalue weighted by atomic mass is 10.0. The van der Waals surface area contributed by atoms with Crippen molar-refractivity contribution in [3.8, 4) is 22.5 Å². The number of amides is 1. The van der Waals surface area contributed by atoms with Gasteiger partial charge in [-0.2, -0.15) is 0 Å². The Morgan fingerprint density at radius 3 is 2.46 bits per heavy atom. The third-order valence-corrected chi connectivity index (χ3v) is 5.96. The predicted octanol–water partition coefficient (Wildman–Crippen LogP) is 4.56. The van der Waals surface area contributed by atoms with Crippen LogP contribution in [0.3, 0.4) is 0 Å². The second-order valence-corrected chi connectivity index (χ2v) is 8.74. The van der Waals surface area contributed by atoms with Crippen molar-refractivity contribution in [2.45, 2.75) is 26.1 Å². The van der Waals surface area contributed by atoms with Gasteiger partial charge in [0.05, 0.1) is 17.9 Å². The van der Waals surface area contributed by atoms with Gasteiger partial charge in [-0.3, -0.25) is 14.3 Å². The van der Waals surface area contributed by atoms with Crippen LogP contribution in [0.15, 0.2) is 82.1 Å². The number of carbonyl (C=O) groups excluding carboxylic acids is 1. The van der Waals surface area contributed by atoms with E-state index in [-0.39, 0.29) is 23.9 Å². The maximum atomic E-state index is 13.3. The molecule has 1 amide bonds. The van der Waals surface area contributed by atoms with E-state index in [1.54, 1.807) is 12.1 Å². The van der Waals surface area contributed by atoms with Crippen molar-refractivity contribution in [2.75, 3.05) is 23.3 Å². The fourth-order valence-electron chi connectivity index (χ4n) is 4.44. The maximum Gasteiger partial charge on any atom is 0.439 e. The predicted molar refractivity (Wildman–Crippen MR) is 135 cm³/mol. The van der Waals surface area contributed by atoms with Crippen molar-refractivity contribution in [2.24, 2.45) is 0 Å². The van der Waals surface area contributed by atoms with Crippen LogP contribution in [0.2, 0.25) is 0 Å². The first kappa shape index (κ1) is 22.6. The van der Waals surface area contributed by atoms with E-state index in [1.165, 1.54) is 0 Å². The summed E-state index contributed by atoms with van der Waals surface area (Å²) in [6.45, 7) is 5.62. The number of hydrogen-bond donors (Lipinski definition) is 2. The number of rotatable bonds is 5. The molecule has 4 aromatic rings. The normalized spacial score (nSPS) is 17.8. The van der Waals surface area contributed by atoms with Crippen LogP contribution in [0.1, 0.15) is 24.2 Å². The van der Waals surface area contributed by atoms with E-state index in [0.717, 1.165) is 29.9 Å². The zero-order chi connectivity index (χ0) is 24.4. The topological polar surface area (TPSA) is 100 Å². The van der Waals surface area contributed by atoms with Crippen molar-refractivity contribution in [3.63, 3.8) is 0 Å². The standard InChI is InChI=1S/C27H26N4O4/c1-17-15-31(16-18(2)34-17)22-10-6-9-21(13-22)26(32)28-24-14-20(19-7-4-3-5-8-19)11-12-23(24)25-29-27(33)35-30-25/h3-14,17-18H,15-16H2,1-2H3,(H,28,32)(H,29,30,33)/t17-,18+. The lowest BCUT2D eigenvalue weighted by molar-refractivity contribution is -0.00521. The molecule has 0 aliphatic carbocycles. The summed E-state index contributed by atoms with van der Waals surface area (Å²) in [5.74, 6) is -0.681. The highest BCUT2D eigenvalue weighted by molar-refractivity contribution is 6.07. The Morgan fingerprint density at radius 1 is 0.971 bits per heavy atom. The highest BCUT2D eigenvalue weighted by Gasteiger charge is 2.23. The second-order valence-electron chi connectivity index (χ2n) is 8.74. The van der Waals surface area contributed by atoms with Crippen molar-refractivity contribution in [3.05, 3.63) is 88.9 Å². The highest BCUT2D eigenvalue weighted by atomic mass is 16.5. The first-order valence-corrected chi connectivity index (χ1v) is 11.5. The molecule has 2 atom stereocenters. The first-order chi connectivity index (χ1) is 17.0. The van der Waals surface area contributed by atoms with Crippen LogP contribution in [0.25, 0.3) is 22.5 Å². The molecule has 0 saturated carbocycles. The van der Waals surface area contributed by atoms with Gasteiger partial charge < -0.3 is 15.0 Å². The number of hydrogen-bond acceptors (Lipinski definition) is 6. The van der Waals surface area contributed by atoms with Crippen molar-refractivity contribution >= 4 is 17.3 Å². The summed E-state index contributed by atoms with van der Waals surface area (Å²) in [4.78, 5) is 29.7. The van der Waals surface area contributed by atoms with Crippen molar-refractivity contribution in [1.82, 2.24) is 10.1 Å². The number of anilines is 2. The van der Waals surface area contributed by atoms with Gasteiger partial charge >= 0.3 is 5.76 Å². The van der Waals surface area contributed by atoms with E-state index in [4.69, 9.17) is 4.74 Å². The average molecular weight is 471 g/mol. The number of carbonyl (C=O) groups is 1. The first-order valence-electron chi connectivity index (χ1n) is 11.5. The highest BCUT2D eigenvalue weighted by Crippen LogP contribution is 2.31. The second kappa shape index (κ2) is 9.60. The lowest BCUT2D eigenvalue weighted by Crippen LogP contribution is -2.45. The fourth-order valence-corrected chi connectivity index (χ4v) is 4.44. The third-order valence-electron chi connectivity index (χ3n) is 5.96. The molecule has 8 nitrogen and oxygen atoms in total. The van der Waals surface area contributed by atoms with E-state index in [2.05, 4.69) is 38.7 Å². The Hall–Kier alpha value is -4.17. The molecule has 0 spiro atoms. The summed E-state index contributed by atoms with van der Waals surface area (Å²) >= 11 is 0. The van der Waals surface area contributed by atoms with Crippen molar-refractivity contribution < 1.29 is 14.1 Å². The van der Waals surface area contributed by atoms with Gasteiger partial charge in [0.2, 0.25) is 0 Å². The average Bonchev–Trinajstić information content (AvgIpc) is 3.30. The molecule has 1 aliphatic rings. The molecule has 0 bridgehead atoms. The summed E-state index contributed by atoms with van der Waals surface area (Å²) in [5, 5.41) is 6.81. The molecule has 2 heterocycles. The maximum absolute atomic E-state index is 13.3. The Labute approximate surface area is 202 Å². The number of nitrogens with one attached hydrogen (secondary N) is 2. The molecule has 1 aromatic heterocycles. The fraction of sp³-hybridized carbons (Fsp3) is 0.222. The van der Waals surface area contributed by atoms with Crippen LogP contribution in [-0.4, -0.2) is 41.3 Å². The van der Waals surface area contributed by atoms with Crippen LogP contribution < -0.4 is 16.0 Å². The zero-order valence-electron chi connectivity index (χ0n) is 19.5. The molecule has 1 aliphatic heterocycles. The van der Waals surface area contributed by atoms with Crippen LogP contribution in [0, 0.1) is 0 Å². The van der Waals surface area contributed by atoms with Crippen LogP contribution in [0.5, 0.6) is 0 Å². The molecule has 1 fully saturated rings. The summed E-state index contributed by atoms with van der Waals surface area (Å²) in [6, 6.07) is 23.0. The number of aromatic nitrogens is 2. The SMILES string of the molecule is C[C@@H]1CN(c2cccc(C(=O)Nc3cc(-c4ccccc4)ccc3-c3noc(=O)[nH]3)c2)C[C@H](C)O1. The smallest absolute Gasteiger partial charge is 0.372 e.